The number of carbonyl (C=O) groups excluding carboxylic acids is 3. The van der Waals surface area contributed by atoms with Crippen molar-refractivity contribution in [2.45, 2.75) is 6.42 Å². The van der Waals surface area contributed by atoms with Crippen LogP contribution in [0.4, 0.5) is 0 Å². The number of benzene rings is 1. The summed E-state index contributed by atoms with van der Waals surface area (Å²) in [6.45, 7) is 0.870. The van der Waals surface area contributed by atoms with Crippen molar-refractivity contribution in [3.05, 3.63) is 47.5 Å². The van der Waals surface area contributed by atoms with E-state index in [0.717, 1.165) is 13.0 Å². The van der Waals surface area contributed by atoms with Crippen LogP contribution in [0, 0.1) is 0 Å². The van der Waals surface area contributed by atoms with Crippen molar-refractivity contribution in [3.8, 4) is 0 Å². The predicted octanol–water partition coefficient (Wildman–Crippen LogP) is 1.61. The van der Waals surface area contributed by atoms with Crippen LogP contribution < -0.4 is 0 Å². The molecule has 1 aromatic carbocycles. The van der Waals surface area contributed by atoms with Crippen molar-refractivity contribution in [2.24, 2.45) is 0 Å². The van der Waals surface area contributed by atoms with E-state index in [1.165, 1.54) is 4.90 Å². The zero-order chi connectivity index (χ0) is 15.8. The lowest BCUT2D eigenvalue weighted by atomic mass is 10.1. The summed E-state index contributed by atoms with van der Waals surface area (Å²) in [5, 5.41) is 0. The van der Waals surface area contributed by atoms with Crippen LogP contribution in [0.5, 0.6) is 0 Å². The van der Waals surface area contributed by atoms with Crippen molar-refractivity contribution >= 4 is 18.1 Å². The topological polar surface area (TPSA) is 57.7 Å². The van der Waals surface area contributed by atoms with Gasteiger partial charge in [0.2, 0.25) is 5.91 Å². The molecule has 1 aliphatic heterocycles. The van der Waals surface area contributed by atoms with Crippen LogP contribution in [0.3, 0.4) is 0 Å². The molecule has 2 amide bonds. The van der Waals surface area contributed by atoms with Gasteiger partial charge < -0.3 is 9.80 Å². The third-order valence-electron chi connectivity index (χ3n) is 2.99. The van der Waals surface area contributed by atoms with Crippen LogP contribution in [-0.4, -0.2) is 55.6 Å². The Kier molecular flexibility index (Phi) is 6.33. The third-order valence-corrected chi connectivity index (χ3v) is 2.99. The van der Waals surface area contributed by atoms with Gasteiger partial charge >= 0.3 is 0 Å². The lowest BCUT2D eigenvalue weighted by molar-refractivity contribution is -0.125. The summed E-state index contributed by atoms with van der Waals surface area (Å²) < 4.78 is 0. The van der Waals surface area contributed by atoms with E-state index in [2.05, 4.69) is 0 Å². The molecule has 1 heterocycles. The maximum absolute atomic E-state index is 11.5. The molecule has 0 saturated carbocycles. The van der Waals surface area contributed by atoms with E-state index in [1.807, 2.05) is 13.1 Å². The SMILES string of the molecule is CN(C)C(=O)c1ccccc1C=O.CN1CCC=CC1=O. The first-order valence-electron chi connectivity index (χ1n) is 6.65. The van der Waals surface area contributed by atoms with Gasteiger partial charge in [0.05, 0.1) is 5.56 Å². The average molecular weight is 288 g/mol. The van der Waals surface area contributed by atoms with E-state index < -0.39 is 0 Å². The zero-order valence-corrected chi connectivity index (χ0v) is 12.6. The van der Waals surface area contributed by atoms with E-state index in [-0.39, 0.29) is 11.8 Å². The third kappa shape index (κ3) is 4.87. The maximum Gasteiger partial charge on any atom is 0.254 e. The first-order valence-corrected chi connectivity index (χ1v) is 6.65. The van der Waals surface area contributed by atoms with Crippen molar-refractivity contribution in [1.82, 2.24) is 9.80 Å². The highest BCUT2D eigenvalue weighted by molar-refractivity contribution is 6.01. The highest BCUT2D eigenvalue weighted by Gasteiger charge is 2.11. The molecule has 0 N–H and O–H groups in total. The molecule has 5 nitrogen and oxygen atoms in total. The smallest absolute Gasteiger partial charge is 0.254 e. The molecule has 0 spiro atoms. The number of rotatable bonds is 2. The number of likely N-dealkylation sites (N-methyl/N-ethyl adjacent to an activating group) is 1. The highest BCUT2D eigenvalue weighted by Crippen LogP contribution is 2.07. The molecular weight excluding hydrogens is 268 g/mol. The standard InChI is InChI=1S/C10H11NO2.C6H9NO/c1-11(2)10(13)9-6-4-3-5-8(9)7-12;1-7-5-3-2-4-6(7)8/h3-7H,1-2H3;2,4H,3,5H2,1H3. The molecule has 0 aromatic heterocycles. The van der Waals surface area contributed by atoms with E-state index in [9.17, 15) is 14.4 Å². The highest BCUT2D eigenvalue weighted by atomic mass is 16.2. The summed E-state index contributed by atoms with van der Waals surface area (Å²) in [7, 11) is 5.12. The van der Waals surface area contributed by atoms with Gasteiger partial charge in [-0.05, 0) is 18.6 Å². The second-order valence-electron chi connectivity index (χ2n) is 4.86. The maximum atomic E-state index is 11.5. The fourth-order valence-corrected chi connectivity index (χ4v) is 1.73. The van der Waals surface area contributed by atoms with E-state index in [0.29, 0.717) is 17.4 Å². The van der Waals surface area contributed by atoms with Gasteiger partial charge in [0.15, 0.2) is 6.29 Å². The first kappa shape index (κ1) is 16.6. The Morgan fingerprint density at radius 2 is 1.95 bits per heavy atom. The van der Waals surface area contributed by atoms with Gasteiger partial charge in [0.25, 0.3) is 5.91 Å². The molecule has 1 aromatic rings. The predicted molar refractivity (Wildman–Crippen MR) is 81.2 cm³/mol. The van der Waals surface area contributed by atoms with Gasteiger partial charge in [0.1, 0.15) is 0 Å². The second-order valence-corrected chi connectivity index (χ2v) is 4.86. The van der Waals surface area contributed by atoms with E-state index in [4.69, 9.17) is 0 Å². The van der Waals surface area contributed by atoms with Crippen molar-refractivity contribution in [3.63, 3.8) is 0 Å². The second kappa shape index (κ2) is 7.99. The van der Waals surface area contributed by atoms with Crippen LogP contribution in [0.15, 0.2) is 36.4 Å². The molecule has 0 radical (unpaired) electrons. The van der Waals surface area contributed by atoms with Crippen LogP contribution in [-0.2, 0) is 4.79 Å². The molecule has 0 fully saturated rings. The number of carbonyl (C=O) groups is 3. The van der Waals surface area contributed by atoms with E-state index >= 15 is 0 Å². The summed E-state index contributed by atoms with van der Waals surface area (Å²) in [5.41, 5.74) is 0.878. The number of amides is 2. The summed E-state index contributed by atoms with van der Waals surface area (Å²) in [6, 6.07) is 6.75. The number of nitrogens with zero attached hydrogens (tertiary/aromatic N) is 2. The lowest BCUT2D eigenvalue weighted by Gasteiger charge is -2.16. The Morgan fingerprint density at radius 1 is 1.29 bits per heavy atom. The summed E-state index contributed by atoms with van der Waals surface area (Å²) >= 11 is 0. The van der Waals surface area contributed by atoms with Gasteiger partial charge in [0, 0.05) is 33.3 Å². The molecule has 0 bridgehead atoms. The molecule has 0 unspecified atom stereocenters. The van der Waals surface area contributed by atoms with Gasteiger partial charge in [-0.2, -0.15) is 0 Å². The molecule has 112 valence electrons. The average Bonchev–Trinajstić information content (AvgIpc) is 2.50. The van der Waals surface area contributed by atoms with Crippen LogP contribution in [0.25, 0.3) is 0 Å². The molecule has 0 aliphatic carbocycles. The molecule has 0 atom stereocenters. The Hall–Kier alpha value is -2.43. The van der Waals surface area contributed by atoms with E-state index in [1.54, 1.807) is 49.3 Å². The Bertz CT molecular complexity index is 550. The Morgan fingerprint density at radius 3 is 2.43 bits per heavy atom. The van der Waals surface area contributed by atoms with Crippen molar-refractivity contribution in [2.75, 3.05) is 27.7 Å². The zero-order valence-electron chi connectivity index (χ0n) is 12.6. The number of hydrogen-bond acceptors (Lipinski definition) is 3. The first-order chi connectivity index (χ1) is 9.97. The van der Waals surface area contributed by atoms with Crippen LogP contribution in [0.1, 0.15) is 27.1 Å². The van der Waals surface area contributed by atoms with Crippen molar-refractivity contribution in [1.29, 1.82) is 0 Å². The normalized spacial score (nSPS) is 13.3. The molecular formula is C16H20N2O3. The van der Waals surface area contributed by atoms with Gasteiger partial charge in [-0.3, -0.25) is 14.4 Å². The fourth-order valence-electron chi connectivity index (χ4n) is 1.73. The molecule has 2 rings (SSSR count). The number of aldehydes is 1. The minimum Gasteiger partial charge on any atom is -0.345 e. The molecule has 5 heteroatoms. The minimum absolute atomic E-state index is 0.122. The minimum atomic E-state index is -0.150. The summed E-state index contributed by atoms with van der Waals surface area (Å²) in [5.74, 6) is -0.0287. The summed E-state index contributed by atoms with van der Waals surface area (Å²) in [6.07, 6.45) is 5.21. The van der Waals surface area contributed by atoms with Gasteiger partial charge in [-0.15, -0.1) is 0 Å². The molecule has 1 aliphatic rings. The van der Waals surface area contributed by atoms with Gasteiger partial charge in [-0.25, -0.2) is 0 Å². The quantitative estimate of drug-likeness (QED) is 0.777. The van der Waals surface area contributed by atoms with Crippen LogP contribution >= 0.6 is 0 Å². The summed E-state index contributed by atoms with van der Waals surface area (Å²) in [4.78, 5) is 35.9. The Balaban J connectivity index is 0.000000235. The van der Waals surface area contributed by atoms with Crippen molar-refractivity contribution < 1.29 is 14.4 Å². The van der Waals surface area contributed by atoms with Crippen LogP contribution in [0.2, 0.25) is 0 Å². The molecule has 21 heavy (non-hydrogen) atoms. The van der Waals surface area contributed by atoms with Gasteiger partial charge in [-0.1, -0.05) is 24.3 Å². The number of hydrogen-bond donors (Lipinski definition) is 0. The monoisotopic (exact) mass is 288 g/mol. The Labute approximate surface area is 124 Å². The largest absolute Gasteiger partial charge is 0.345 e. The lowest BCUT2D eigenvalue weighted by Crippen LogP contribution is -2.27. The fraction of sp³-hybridized carbons (Fsp3) is 0.312. The molecule has 0 saturated heterocycles.